The standard InChI is InChI=1S/C48H55N7O25P2S2/c1-23-19-54(47(61)52-43(23)56)36-17-32(73-3)34(77-36)21-76-82(65,66)80-33-18-37(55-20-24(2)44(57)53-48(55)62)78-35(33)22-75-81(63,64)74-15-7-5-4-6-14-51-45(58)25-8-9-26(46(59)60)29(16-25)38-27-10-12-30(49)41(83(67,68)69)39(27)79-40-28(38)11-13-31(50)42(40)84(70,71)72/h8-13,16,19-20,32-37,49H,4-7,14-15,17-18,21-22,50H2,1-3H3,(H,51,58)(H,59,60)(H,63,64)(H,65,66)(H,52,56,61)(H,53,57,62)(H,67,68,69)(H,70,71,72)/t32-,33?,34-,35-,36-,37-/m1/s1. The second-order valence-corrected chi connectivity index (χ2v) is 24.9. The summed E-state index contributed by atoms with van der Waals surface area (Å²) in [6, 6.07) is 7.68. The molecule has 8 rings (SSSR count). The Morgan fingerprint density at radius 3 is 1.93 bits per heavy atom. The van der Waals surface area contributed by atoms with Gasteiger partial charge in [0.15, 0.2) is 21.1 Å². The first-order valence-electron chi connectivity index (χ1n) is 25.1. The van der Waals surface area contributed by atoms with E-state index in [4.69, 9.17) is 47.9 Å². The van der Waals surface area contributed by atoms with Crippen LogP contribution >= 0.6 is 15.6 Å². The number of hydrogen-bond acceptors (Lipinski definition) is 22. The predicted octanol–water partition coefficient (Wildman–Crippen LogP) is 2.69. The maximum Gasteiger partial charge on any atom is 0.472 e. The monoisotopic (exact) mass is 1260 g/mol. The highest BCUT2D eigenvalue weighted by molar-refractivity contribution is 7.86. The number of ether oxygens (including phenoxy) is 3. The van der Waals surface area contributed by atoms with Gasteiger partial charge in [0.1, 0.15) is 30.8 Å². The molecule has 1 aliphatic carbocycles. The van der Waals surface area contributed by atoms with Crippen molar-refractivity contribution in [1.29, 1.82) is 5.41 Å². The fraction of sp³-hybridized carbons (Fsp3) is 0.396. The topological polar surface area (TPSA) is 487 Å². The van der Waals surface area contributed by atoms with Gasteiger partial charge in [-0.25, -0.2) is 23.5 Å². The van der Waals surface area contributed by atoms with E-state index >= 15 is 0 Å². The molecular formula is C48H55N7O25P2S2. The molecule has 2 saturated heterocycles. The molecule has 36 heteroatoms. The first-order valence-corrected chi connectivity index (χ1v) is 31.0. The van der Waals surface area contributed by atoms with Crippen molar-refractivity contribution in [2.45, 2.75) is 99.0 Å². The minimum atomic E-state index is -5.29. The summed E-state index contributed by atoms with van der Waals surface area (Å²) in [6.45, 7) is 1.17. The molecule has 2 aromatic heterocycles. The smallest absolute Gasteiger partial charge is 0.472 e. The number of carboxylic acids is 1. The molecule has 2 fully saturated rings. The number of anilines is 1. The highest BCUT2D eigenvalue weighted by Crippen LogP contribution is 2.51. The van der Waals surface area contributed by atoms with E-state index in [-0.39, 0.29) is 71.2 Å². The average Bonchev–Trinajstić information content (AvgIpc) is 1.23. The number of hydrogen-bond donors (Lipinski definition) is 10. The van der Waals surface area contributed by atoms with Gasteiger partial charge in [-0.15, -0.1) is 0 Å². The van der Waals surface area contributed by atoms with Crippen LogP contribution in [0.1, 0.15) is 82.8 Å². The molecule has 3 unspecified atom stereocenters. The number of aromatic amines is 2. The van der Waals surface area contributed by atoms with Crippen LogP contribution in [0.15, 0.2) is 88.2 Å². The molecule has 32 nitrogen and oxygen atoms in total. The fourth-order valence-corrected chi connectivity index (χ4v) is 12.7. The van der Waals surface area contributed by atoms with Gasteiger partial charge in [0.05, 0.1) is 42.5 Å². The molecule has 5 heterocycles. The van der Waals surface area contributed by atoms with Gasteiger partial charge in [-0.3, -0.25) is 66.1 Å². The number of nitrogens with zero attached hydrogens (tertiary/aromatic N) is 2. The van der Waals surface area contributed by atoms with Crippen LogP contribution in [0.3, 0.4) is 0 Å². The number of phosphoric ester groups is 2. The number of aromatic carboxylic acids is 1. The molecule has 0 spiro atoms. The minimum Gasteiger partial charge on any atom is -0.478 e. The van der Waals surface area contributed by atoms with Gasteiger partial charge < -0.3 is 44.6 Å². The zero-order valence-corrected chi connectivity index (χ0v) is 47.7. The number of fused-ring (bicyclic) bond motifs is 2. The number of carbonyl (C=O) groups is 2. The molecule has 11 N–H and O–H groups in total. The molecule has 4 aromatic rings. The molecular weight excluding hydrogens is 1200 g/mol. The number of phosphoric acid groups is 2. The number of carbonyl (C=O) groups excluding carboxylic acids is 1. The van der Waals surface area contributed by atoms with Crippen LogP contribution < -0.4 is 38.9 Å². The Hall–Kier alpha value is -6.85. The molecule has 8 atom stereocenters. The van der Waals surface area contributed by atoms with E-state index in [1.54, 1.807) is 0 Å². The zero-order chi connectivity index (χ0) is 61.4. The first kappa shape index (κ1) is 63.2. The summed E-state index contributed by atoms with van der Waals surface area (Å²) in [6.07, 6.45) is -3.47. The van der Waals surface area contributed by atoms with Crippen molar-refractivity contribution in [3.8, 4) is 22.5 Å². The summed E-state index contributed by atoms with van der Waals surface area (Å²) in [5.74, 6) is -3.09. The van der Waals surface area contributed by atoms with E-state index in [2.05, 4.69) is 15.3 Å². The molecule has 0 saturated carbocycles. The molecule has 454 valence electrons. The lowest BCUT2D eigenvalue weighted by Gasteiger charge is -2.23. The van der Waals surface area contributed by atoms with Crippen LogP contribution in [0.5, 0.6) is 0 Å². The van der Waals surface area contributed by atoms with E-state index in [1.165, 1.54) is 45.5 Å². The summed E-state index contributed by atoms with van der Waals surface area (Å²) >= 11 is 0. The lowest BCUT2D eigenvalue weighted by Crippen LogP contribution is -2.33. The number of carboxylic acid groups (broad SMARTS) is 1. The number of benzene rings is 3. The predicted molar refractivity (Wildman–Crippen MR) is 288 cm³/mol. The van der Waals surface area contributed by atoms with Gasteiger partial charge in [0, 0.05) is 72.1 Å². The van der Waals surface area contributed by atoms with Crippen LogP contribution in [-0.4, -0.2) is 130 Å². The second kappa shape index (κ2) is 25.0. The molecule has 3 aliphatic heterocycles. The molecule has 4 aliphatic rings. The van der Waals surface area contributed by atoms with Crippen molar-refractivity contribution >= 4 is 64.4 Å². The number of aromatic nitrogens is 4. The molecule has 2 aromatic carbocycles. The van der Waals surface area contributed by atoms with Crippen molar-refractivity contribution in [3.63, 3.8) is 0 Å². The van der Waals surface area contributed by atoms with Crippen LogP contribution in [0.25, 0.3) is 33.4 Å². The van der Waals surface area contributed by atoms with Gasteiger partial charge in [-0.05, 0) is 74.7 Å². The van der Waals surface area contributed by atoms with Gasteiger partial charge in [-0.2, -0.15) is 16.8 Å². The highest BCUT2D eigenvalue weighted by Gasteiger charge is 2.45. The summed E-state index contributed by atoms with van der Waals surface area (Å²) in [7, 11) is -19.2. The number of nitrogen functional groups attached to an aromatic ring is 1. The number of nitrogens with two attached hydrogens (primary N) is 1. The van der Waals surface area contributed by atoms with Crippen molar-refractivity contribution in [2.24, 2.45) is 0 Å². The van der Waals surface area contributed by atoms with E-state index in [0.717, 1.165) is 39.5 Å². The Morgan fingerprint density at radius 1 is 0.774 bits per heavy atom. The number of H-pyrrole nitrogens is 2. The van der Waals surface area contributed by atoms with Crippen molar-refractivity contribution in [1.82, 2.24) is 24.4 Å². The van der Waals surface area contributed by atoms with Gasteiger partial charge in [0.25, 0.3) is 37.3 Å². The van der Waals surface area contributed by atoms with Crippen molar-refractivity contribution in [2.75, 3.05) is 39.2 Å². The fourth-order valence-electron chi connectivity index (χ4n) is 9.52. The molecule has 1 amide bonds. The third-order valence-electron chi connectivity index (χ3n) is 13.6. The third kappa shape index (κ3) is 14.1. The summed E-state index contributed by atoms with van der Waals surface area (Å²) < 4.78 is 143. The molecule has 84 heavy (non-hydrogen) atoms. The number of aryl methyl sites for hydroxylation is 2. The Labute approximate surface area is 473 Å². The van der Waals surface area contributed by atoms with Crippen LogP contribution in [-0.2, 0) is 61.7 Å². The van der Waals surface area contributed by atoms with Crippen LogP contribution in [0.4, 0.5) is 5.69 Å². The lowest BCUT2D eigenvalue weighted by molar-refractivity contribution is -0.0618. The molecule has 0 bridgehead atoms. The average molecular weight is 1260 g/mol. The zero-order valence-electron chi connectivity index (χ0n) is 44.3. The number of nitrogens with one attached hydrogen (secondary N) is 4. The lowest BCUT2D eigenvalue weighted by atomic mass is 9.89. The largest absolute Gasteiger partial charge is 0.478 e. The van der Waals surface area contributed by atoms with Gasteiger partial charge in [0.2, 0.25) is 0 Å². The van der Waals surface area contributed by atoms with Crippen LogP contribution in [0, 0.1) is 19.3 Å². The molecule has 0 radical (unpaired) electrons. The van der Waals surface area contributed by atoms with Crippen molar-refractivity contribution < 1.29 is 96.3 Å². The van der Waals surface area contributed by atoms with E-state index in [1.807, 2.05) is 0 Å². The maximum absolute atomic E-state index is 13.6. The Morgan fingerprint density at radius 2 is 1.35 bits per heavy atom. The van der Waals surface area contributed by atoms with Crippen molar-refractivity contribution in [3.05, 3.63) is 124 Å². The SMILES string of the molecule is CO[C@@H]1C[C@H](n2cc(C)c(=O)[nH]c2=O)O[C@@H]1COP(=O)(O)OC1C[C@H](n2cc(C)c(=O)[nH]c2=O)O[C@@H]1COP(=O)(O)OCCCCCCNC(=O)c1ccc(C(=O)O)c(-c2c3ccc(=N)c(S(=O)(=O)O)c-3oc3c(S(=O)(=O)O)c(N)ccc23)c1. The Balaban J connectivity index is 0.872. The van der Waals surface area contributed by atoms with Gasteiger partial charge >= 0.3 is 33.0 Å². The minimum absolute atomic E-state index is 0.0412. The summed E-state index contributed by atoms with van der Waals surface area (Å²) in [5, 5.41) is 20.1. The number of rotatable bonds is 24. The normalized spacial score (nSPS) is 20.7. The van der Waals surface area contributed by atoms with Gasteiger partial charge in [-0.1, -0.05) is 12.8 Å². The Bertz CT molecular complexity index is 4180. The summed E-state index contributed by atoms with van der Waals surface area (Å²) in [5.41, 5.74) is 0.486. The summed E-state index contributed by atoms with van der Waals surface area (Å²) in [4.78, 5) is 99.2. The second-order valence-electron chi connectivity index (χ2n) is 19.3. The van der Waals surface area contributed by atoms with Crippen LogP contribution in [0.2, 0.25) is 0 Å². The van der Waals surface area contributed by atoms with E-state index in [0.29, 0.717) is 19.3 Å². The maximum atomic E-state index is 13.6. The number of amides is 1. The third-order valence-corrected chi connectivity index (χ3v) is 17.4. The van der Waals surface area contributed by atoms with E-state index in [9.17, 15) is 78.7 Å². The number of unbranched alkanes of at least 4 members (excludes halogenated alkanes) is 3. The first-order chi connectivity index (χ1) is 39.4. The van der Waals surface area contributed by atoms with E-state index < -0.39 is 158 Å². The Kier molecular flexibility index (Phi) is 18.8. The highest BCUT2D eigenvalue weighted by atomic mass is 32.2. The number of methoxy groups -OCH3 is 1. The quantitative estimate of drug-likeness (QED) is 0.0137.